The number of rotatable bonds is 7. The van der Waals surface area contributed by atoms with Gasteiger partial charge in [0.1, 0.15) is 5.75 Å². The summed E-state index contributed by atoms with van der Waals surface area (Å²) < 4.78 is 5.34. The lowest BCUT2D eigenvalue weighted by Crippen LogP contribution is -2.44. The normalized spacial score (nSPS) is 10.2. The number of anilines is 1. The number of amides is 3. The molecule has 2 rings (SSSR count). The van der Waals surface area contributed by atoms with Crippen LogP contribution >= 0.6 is 11.6 Å². The predicted octanol–water partition coefficient (Wildman–Crippen LogP) is 3.21. The largest absolute Gasteiger partial charge is 0.484 e. The molecule has 0 spiro atoms. The van der Waals surface area contributed by atoms with Crippen LogP contribution in [0.1, 0.15) is 29.5 Å². The molecule has 2 aromatic rings. The molecule has 2 aromatic carbocycles. The van der Waals surface area contributed by atoms with Crippen molar-refractivity contribution in [1.29, 1.82) is 0 Å². The third kappa shape index (κ3) is 7.46. The van der Waals surface area contributed by atoms with Crippen LogP contribution in [0.4, 0.5) is 5.69 Å². The zero-order valence-corrected chi connectivity index (χ0v) is 17.4. The third-order valence-electron chi connectivity index (χ3n) is 4.09. The van der Waals surface area contributed by atoms with E-state index in [1.807, 2.05) is 39.0 Å². The van der Waals surface area contributed by atoms with E-state index < -0.39 is 11.8 Å². The maximum atomic E-state index is 12.0. The van der Waals surface area contributed by atoms with Gasteiger partial charge in [0, 0.05) is 23.6 Å². The van der Waals surface area contributed by atoms with Crippen LogP contribution < -0.4 is 20.9 Å². The zero-order chi connectivity index (χ0) is 21.4. The zero-order valence-electron chi connectivity index (χ0n) is 16.6. The van der Waals surface area contributed by atoms with Crippen molar-refractivity contribution in [1.82, 2.24) is 10.9 Å². The van der Waals surface area contributed by atoms with Crippen LogP contribution in [-0.2, 0) is 14.4 Å². The molecule has 3 amide bonds. The van der Waals surface area contributed by atoms with Gasteiger partial charge in [0.15, 0.2) is 6.61 Å². The monoisotopic (exact) mass is 417 g/mol. The Morgan fingerprint density at radius 2 is 1.55 bits per heavy atom. The first-order valence-electron chi connectivity index (χ1n) is 9.08. The molecule has 0 aliphatic rings. The Labute approximate surface area is 174 Å². The minimum atomic E-state index is -0.522. The molecule has 7 nitrogen and oxygen atoms in total. The lowest BCUT2D eigenvalue weighted by atomic mass is 10.1. The highest BCUT2D eigenvalue weighted by Gasteiger charge is 2.10. The average Bonchev–Trinajstić information content (AvgIpc) is 2.68. The number of benzene rings is 2. The highest BCUT2D eigenvalue weighted by atomic mass is 35.5. The molecular weight excluding hydrogens is 394 g/mol. The van der Waals surface area contributed by atoms with Gasteiger partial charge in [0.25, 0.3) is 5.91 Å². The molecule has 0 aliphatic carbocycles. The Hall–Kier alpha value is -3.06. The predicted molar refractivity (Wildman–Crippen MR) is 112 cm³/mol. The molecule has 0 saturated heterocycles. The van der Waals surface area contributed by atoms with Gasteiger partial charge in [-0.1, -0.05) is 23.7 Å². The average molecular weight is 418 g/mol. The Morgan fingerprint density at radius 1 is 0.862 bits per heavy atom. The number of aryl methyl sites for hydroxylation is 3. The van der Waals surface area contributed by atoms with Crippen LogP contribution in [0.5, 0.6) is 5.75 Å². The van der Waals surface area contributed by atoms with Crippen molar-refractivity contribution in [3.8, 4) is 5.75 Å². The summed E-state index contributed by atoms with van der Waals surface area (Å²) in [6.45, 7) is 5.38. The second kappa shape index (κ2) is 10.5. The molecule has 0 atom stereocenters. The van der Waals surface area contributed by atoms with Crippen LogP contribution in [0.3, 0.4) is 0 Å². The second-order valence-electron chi connectivity index (χ2n) is 6.66. The van der Waals surface area contributed by atoms with Gasteiger partial charge in [-0.15, -0.1) is 0 Å². The number of hydrogen-bond acceptors (Lipinski definition) is 4. The van der Waals surface area contributed by atoms with Gasteiger partial charge < -0.3 is 10.1 Å². The second-order valence-corrected chi connectivity index (χ2v) is 7.07. The van der Waals surface area contributed by atoms with E-state index in [1.165, 1.54) is 0 Å². The van der Waals surface area contributed by atoms with Crippen molar-refractivity contribution in [2.75, 3.05) is 11.9 Å². The highest BCUT2D eigenvalue weighted by Crippen LogP contribution is 2.21. The number of nitrogens with one attached hydrogen (secondary N) is 3. The number of hydrazine groups is 1. The van der Waals surface area contributed by atoms with E-state index in [1.54, 1.807) is 18.2 Å². The van der Waals surface area contributed by atoms with E-state index in [9.17, 15) is 14.4 Å². The van der Waals surface area contributed by atoms with Crippen LogP contribution in [-0.4, -0.2) is 24.3 Å². The molecule has 8 heteroatoms. The summed E-state index contributed by atoms with van der Waals surface area (Å²) in [4.78, 5) is 35.6. The molecule has 0 heterocycles. The van der Waals surface area contributed by atoms with E-state index in [4.69, 9.17) is 16.3 Å². The topological polar surface area (TPSA) is 96.5 Å². The minimum Gasteiger partial charge on any atom is -0.484 e. The van der Waals surface area contributed by atoms with E-state index in [2.05, 4.69) is 16.2 Å². The lowest BCUT2D eigenvalue weighted by molar-refractivity contribution is -0.130. The highest BCUT2D eigenvalue weighted by molar-refractivity contribution is 6.31. The molecule has 0 saturated carbocycles. The summed E-state index contributed by atoms with van der Waals surface area (Å²) in [5, 5.41) is 3.39. The van der Waals surface area contributed by atoms with Gasteiger partial charge in [0.2, 0.25) is 11.8 Å². The lowest BCUT2D eigenvalue weighted by Gasteiger charge is -2.11. The van der Waals surface area contributed by atoms with Gasteiger partial charge in [0.05, 0.1) is 0 Å². The summed E-state index contributed by atoms with van der Waals surface area (Å²) >= 11 is 5.93. The van der Waals surface area contributed by atoms with E-state index in [0.29, 0.717) is 10.8 Å². The molecule has 0 radical (unpaired) electrons. The van der Waals surface area contributed by atoms with Crippen LogP contribution in [0.25, 0.3) is 0 Å². The maximum absolute atomic E-state index is 12.0. The molecule has 0 fully saturated rings. The van der Waals surface area contributed by atoms with Gasteiger partial charge in [-0.25, -0.2) is 0 Å². The Kier molecular flexibility index (Phi) is 8.03. The summed E-state index contributed by atoms with van der Waals surface area (Å²) in [5.41, 5.74) is 8.03. The van der Waals surface area contributed by atoms with Crippen molar-refractivity contribution in [3.63, 3.8) is 0 Å². The number of hydrogen-bond donors (Lipinski definition) is 3. The summed E-state index contributed by atoms with van der Waals surface area (Å²) in [6, 6.07) is 10.8. The van der Waals surface area contributed by atoms with Crippen molar-refractivity contribution in [2.45, 2.75) is 33.6 Å². The standard InChI is InChI=1S/C21H24ClN3O4/c1-13-4-5-14(2)18(10-13)23-19(26)8-9-20(27)24-25-21(28)12-29-16-6-7-17(22)15(3)11-16/h4-7,10-11H,8-9,12H2,1-3H3,(H,23,26)(H,24,27)(H,25,28). The van der Waals surface area contributed by atoms with Gasteiger partial charge in [-0.2, -0.15) is 0 Å². The SMILES string of the molecule is Cc1ccc(C)c(NC(=O)CCC(=O)NNC(=O)COc2ccc(Cl)c(C)c2)c1. The quantitative estimate of drug-likeness (QED) is 0.602. The molecular formula is C21H24ClN3O4. The Balaban J connectivity index is 1.68. The molecule has 0 bridgehead atoms. The van der Waals surface area contributed by atoms with Crippen molar-refractivity contribution in [3.05, 3.63) is 58.1 Å². The number of carbonyl (C=O) groups is 3. The fourth-order valence-corrected chi connectivity index (χ4v) is 2.52. The van der Waals surface area contributed by atoms with Crippen molar-refractivity contribution in [2.24, 2.45) is 0 Å². The fraction of sp³-hybridized carbons (Fsp3) is 0.286. The smallest absolute Gasteiger partial charge is 0.276 e. The number of halogens is 1. The Bertz CT molecular complexity index is 915. The maximum Gasteiger partial charge on any atom is 0.276 e. The molecule has 29 heavy (non-hydrogen) atoms. The minimum absolute atomic E-state index is 0.00433. The van der Waals surface area contributed by atoms with Gasteiger partial charge in [-0.3, -0.25) is 25.2 Å². The molecule has 0 aromatic heterocycles. The summed E-state index contributed by atoms with van der Waals surface area (Å²) in [6.07, 6.45) is -0.0656. The fourth-order valence-electron chi connectivity index (χ4n) is 2.40. The van der Waals surface area contributed by atoms with Crippen molar-refractivity contribution < 1.29 is 19.1 Å². The van der Waals surface area contributed by atoms with Crippen LogP contribution in [0.15, 0.2) is 36.4 Å². The first-order chi connectivity index (χ1) is 13.7. The Morgan fingerprint density at radius 3 is 2.28 bits per heavy atom. The summed E-state index contributed by atoms with van der Waals surface area (Å²) in [5.74, 6) is -0.777. The number of ether oxygens (including phenoxy) is 1. The molecule has 0 unspecified atom stereocenters. The molecule has 3 N–H and O–H groups in total. The van der Waals surface area contributed by atoms with Crippen LogP contribution in [0.2, 0.25) is 5.02 Å². The molecule has 154 valence electrons. The number of carbonyl (C=O) groups excluding carboxylic acids is 3. The summed E-state index contributed by atoms with van der Waals surface area (Å²) in [7, 11) is 0. The van der Waals surface area contributed by atoms with E-state index >= 15 is 0 Å². The van der Waals surface area contributed by atoms with Gasteiger partial charge in [-0.05, 0) is 61.7 Å². The third-order valence-corrected chi connectivity index (χ3v) is 4.51. The van der Waals surface area contributed by atoms with Crippen LogP contribution in [0, 0.1) is 20.8 Å². The van der Waals surface area contributed by atoms with E-state index in [-0.39, 0.29) is 25.4 Å². The first kappa shape index (κ1) is 22.2. The first-order valence-corrected chi connectivity index (χ1v) is 9.46. The molecule has 0 aliphatic heterocycles. The van der Waals surface area contributed by atoms with Crippen molar-refractivity contribution >= 4 is 35.0 Å². The van der Waals surface area contributed by atoms with E-state index in [0.717, 1.165) is 22.4 Å². The van der Waals surface area contributed by atoms with Gasteiger partial charge >= 0.3 is 0 Å².